The molecule has 0 aromatic heterocycles. The van der Waals surface area contributed by atoms with E-state index in [0.717, 1.165) is 52.0 Å². The predicted molar refractivity (Wildman–Crippen MR) is 89.7 cm³/mol. The number of ether oxygens (including phenoxy) is 1. The largest absolute Gasteiger partial charge is 0.381 e. The highest BCUT2D eigenvalue weighted by atomic mass is 32.2. The number of nitrogens with zero attached hydrogens (tertiary/aromatic N) is 1. The van der Waals surface area contributed by atoms with E-state index in [-0.39, 0.29) is 4.90 Å². The molecule has 1 aromatic rings. The van der Waals surface area contributed by atoms with E-state index < -0.39 is 15.8 Å². The summed E-state index contributed by atoms with van der Waals surface area (Å²) >= 11 is 0. The Balaban J connectivity index is 1.46. The van der Waals surface area contributed by atoms with Crippen LogP contribution in [0.15, 0.2) is 29.2 Å². The Hall–Kier alpha value is -1.02. The summed E-state index contributed by atoms with van der Waals surface area (Å²) in [5.74, 6) is -0.0780. The van der Waals surface area contributed by atoms with Gasteiger partial charge in [-0.15, -0.1) is 0 Å². The van der Waals surface area contributed by atoms with Crippen molar-refractivity contribution in [1.29, 1.82) is 0 Å². The number of piperidine rings is 1. The summed E-state index contributed by atoms with van der Waals surface area (Å²) in [5, 5.41) is 0. The molecule has 0 radical (unpaired) electrons. The molecule has 2 aliphatic rings. The van der Waals surface area contributed by atoms with Gasteiger partial charge < -0.3 is 9.64 Å². The second-order valence-corrected chi connectivity index (χ2v) is 8.40. The molecule has 24 heavy (non-hydrogen) atoms. The van der Waals surface area contributed by atoms with Crippen LogP contribution in [0.4, 0.5) is 4.39 Å². The van der Waals surface area contributed by atoms with Gasteiger partial charge in [-0.2, -0.15) is 0 Å². The van der Waals surface area contributed by atoms with Gasteiger partial charge in [0.2, 0.25) is 10.0 Å². The number of likely N-dealkylation sites (tertiary alicyclic amines) is 1. The van der Waals surface area contributed by atoms with Gasteiger partial charge in [-0.1, -0.05) is 0 Å². The molecule has 0 aliphatic carbocycles. The topological polar surface area (TPSA) is 58.6 Å². The summed E-state index contributed by atoms with van der Waals surface area (Å²) in [6, 6.07) is 5.55. The van der Waals surface area contributed by atoms with Crippen molar-refractivity contribution in [2.75, 3.05) is 32.8 Å². The average molecular weight is 356 g/mol. The Morgan fingerprint density at radius 2 is 1.71 bits per heavy atom. The van der Waals surface area contributed by atoms with E-state index in [0.29, 0.717) is 18.5 Å². The van der Waals surface area contributed by atoms with Crippen LogP contribution < -0.4 is 4.72 Å². The SMILES string of the molecule is O=S(=O)(NCC1CCN(C2CCOCC2)CC1)c1ccc(F)cc1. The van der Waals surface area contributed by atoms with Crippen molar-refractivity contribution in [3.8, 4) is 0 Å². The first-order valence-electron chi connectivity index (χ1n) is 8.61. The molecular weight excluding hydrogens is 331 g/mol. The molecule has 1 aromatic carbocycles. The lowest BCUT2D eigenvalue weighted by Gasteiger charge is -2.39. The maximum Gasteiger partial charge on any atom is 0.240 e. The Bertz CT molecular complexity index is 622. The van der Waals surface area contributed by atoms with Crippen LogP contribution in [-0.4, -0.2) is 52.2 Å². The average Bonchev–Trinajstić information content (AvgIpc) is 2.62. The van der Waals surface area contributed by atoms with E-state index in [2.05, 4.69) is 9.62 Å². The molecule has 0 unspecified atom stereocenters. The number of hydrogen-bond acceptors (Lipinski definition) is 4. The molecule has 5 nitrogen and oxygen atoms in total. The molecule has 1 N–H and O–H groups in total. The van der Waals surface area contributed by atoms with Crippen LogP contribution in [0.3, 0.4) is 0 Å². The Morgan fingerprint density at radius 1 is 1.08 bits per heavy atom. The molecule has 7 heteroatoms. The number of rotatable bonds is 5. The lowest BCUT2D eigenvalue weighted by Crippen LogP contribution is -2.45. The second kappa shape index (κ2) is 7.91. The van der Waals surface area contributed by atoms with Crippen molar-refractivity contribution >= 4 is 10.0 Å². The van der Waals surface area contributed by atoms with E-state index in [9.17, 15) is 12.8 Å². The Labute approximate surface area is 143 Å². The standard InChI is InChI=1S/C17H25FN2O3S/c18-15-1-3-17(4-2-15)24(21,22)19-13-14-5-9-20(10-6-14)16-7-11-23-12-8-16/h1-4,14,16,19H,5-13H2. The molecule has 0 atom stereocenters. The summed E-state index contributed by atoms with van der Waals surface area (Å²) < 4.78 is 45.5. The first-order valence-corrected chi connectivity index (χ1v) is 10.1. The van der Waals surface area contributed by atoms with Crippen LogP contribution in [0, 0.1) is 11.7 Å². The molecule has 2 aliphatic heterocycles. The zero-order chi connectivity index (χ0) is 17.0. The highest BCUT2D eigenvalue weighted by Gasteiger charge is 2.27. The number of hydrogen-bond donors (Lipinski definition) is 1. The molecule has 0 saturated carbocycles. The van der Waals surface area contributed by atoms with Crippen LogP contribution in [-0.2, 0) is 14.8 Å². The van der Waals surface area contributed by atoms with Crippen molar-refractivity contribution in [3.63, 3.8) is 0 Å². The van der Waals surface area contributed by atoms with Gasteiger partial charge in [-0.05, 0) is 69.0 Å². The smallest absolute Gasteiger partial charge is 0.240 e. The first kappa shape index (κ1) is 17.8. The van der Waals surface area contributed by atoms with E-state index in [1.807, 2.05) is 0 Å². The lowest BCUT2D eigenvalue weighted by molar-refractivity contribution is 0.0214. The van der Waals surface area contributed by atoms with E-state index in [1.54, 1.807) is 0 Å². The number of benzene rings is 1. The highest BCUT2D eigenvalue weighted by Crippen LogP contribution is 2.23. The van der Waals surface area contributed by atoms with Gasteiger partial charge in [0.1, 0.15) is 5.82 Å². The van der Waals surface area contributed by atoms with Gasteiger partial charge >= 0.3 is 0 Å². The van der Waals surface area contributed by atoms with Gasteiger partial charge in [0.05, 0.1) is 4.90 Å². The summed E-state index contributed by atoms with van der Waals surface area (Å²) in [5.41, 5.74) is 0. The van der Waals surface area contributed by atoms with Crippen LogP contribution >= 0.6 is 0 Å². The zero-order valence-electron chi connectivity index (χ0n) is 13.8. The van der Waals surface area contributed by atoms with Crippen molar-refractivity contribution < 1.29 is 17.5 Å². The minimum absolute atomic E-state index is 0.114. The molecule has 2 saturated heterocycles. The number of nitrogens with one attached hydrogen (secondary N) is 1. The monoisotopic (exact) mass is 356 g/mol. The molecule has 2 fully saturated rings. The van der Waals surface area contributed by atoms with E-state index >= 15 is 0 Å². The van der Waals surface area contributed by atoms with Gasteiger partial charge in [-0.25, -0.2) is 17.5 Å². The normalized spacial score (nSPS) is 21.9. The maximum atomic E-state index is 12.9. The van der Waals surface area contributed by atoms with Gasteiger partial charge in [0, 0.05) is 25.8 Å². The summed E-state index contributed by atoms with van der Waals surface area (Å²) in [6.07, 6.45) is 4.20. The number of sulfonamides is 1. The highest BCUT2D eigenvalue weighted by molar-refractivity contribution is 7.89. The molecule has 0 amide bonds. The molecule has 0 bridgehead atoms. The molecular formula is C17H25FN2O3S. The second-order valence-electron chi connectivity index (χ2n) is 6.63. The summed E-state index contributed by atoms with van der Waals surface area (Å²) in [7, 11) is -3.56. The maximum absolute atomic E-state index is 12.9. The molecule has 0 spiro atoms. The Kier molecular flexibility index (Phi) is 5.86. The third kappa shape index (κ3) is 4.53. The fourth-order valence-corrected chi connectivity index (χ4v) is 4.61. The third-order valence-electron chi connectivity index (χ3n) is 5.04. The van der Waals surface area contributed by atoms with Crippen molar-refractivity contribution in [3.05, 3.63) is 30.1 Å². The quantitative estimate of drug-likeness (QED) is 0.877. The van der Waals surface area contributed by atoms with Gasteiger partial charge in [-0.3, -0.25) is 0 Å². The minimum atomic E-state index is -3.56. The van der Waals surface area contributed by atoms with E-state index in [4.69, 9.17) is 4.74 Å². The van der Waals surface area contributed by atoms with Crippen LogP contribution in [0.25, 0.3) is 0 Å². The molecule has 2 heterocycles. The first-order chi connectivity index (χ1) is 11.5. The molecule has 3 rings (SSSR count). The van der Waals surface area contributed by atoms with Crippen LogP contribution in [0.1, 0.15) is 25.7 Å². The zero-order valence-corrected chi connectivity index (χ0v) is 14.6. The van der Waals surface area contributed by atoms with E-state index in [1.165, 1.54) is 24.3 Å². The number of halogens is 1. The summed E-state index contributed by atoms with van der Waals surface area (Å²) in [6.45, 7) is 4.19. The fourth-order valence-electron chi connectivity index (χ4n) is 3.50. The van der Waals surface area contributed by atoms with Crippen molar-refractivity contribution in [2.45, 2.75) is 36.6 Å². The summed E-state index contributed by atoms with van der Waals surface area (Å²) in [4.78, 5) is 2.64. The Morgan fingerprint density at radius 3 is 2.33 bits per heavy atom. The predicted octanol–water partition coefficient (Wildman–Crippen LogP) is 1.99. The van der Waals surface area contributed by atoms with Gasteiger partial charge in [0.15, 0.2) is 0 Å². The van der Waals surface area contributed by atoms with Crippen molar-refractivity contribution in [1.82, 2.24) is 9.62 Å². The van der Waals surface area contributed by atoms with Crippen LogP contribution in [0.2, 0.25) is 0 Å². The van der Waals surface area contributed by atoms with Gasteiger partial charge in [0.25, 0.3) is 0 Å². The molecule has 134 valence electrons. The lowest BCUT2D eigenvalue weighted by atomic mass is 9.94. The fraction of sp³-hybridized carbons (Fsp3) is 0.647. The van der Waals surface area contributed by atoms with Crippen LogP contribution in [0.5, 0.6) is 0 Å². The third-order valence-corrected chi connectivity index (χ3v) is 6.48. The minimum Gasteiger partial charge on any atom is -0.381 e. The van der Waals surface area contributed by atoms with Crippen molar-refractivity contribution in [2.24, 2.45) is 5.92 Å².